The van der Waals surface area contributed by atoms with E-state index in [1.807, 2.05) is 18.2 Å². The van der Waals surface area contributed by atoms with Crippen molar-refractivity contribution in [1.29, 1.82) is 0 Å². The van der Waals surface area contributed by atoms with E-state index in [0.717, 1.165) is 100 Å². The highest BCUT2D eigenvalue weighted by Gasteiger charge is 2.38. The fraction of sp³-hybridized carbons (Fsp3) is 0.0938. The molecule has 1 nitrogen and oxygen atoms in total. The van der Waals surface area contributed by atoms with Crippen LogP contribution in [0.25, 0.3) is 76.5 Å². The van der Waals surface area contributed by atoms with Crippen molar-refractivity contribution in [2.45, 2.75) is 32.0 Å². The molecular weight excluding hydrogens is 963 g/mol. The van der Waals surface area contributed by atoms with E-state index in [0.29, 0.717) is 34.7 Å². The van der Waals surface area contributed by atoms with E-state index in [9.17, 15) is 26.3 Å². The molecule has 0 bridgehead atoms. The molecule has 0 unspecified atom stereocenters. The van der Waals surface area contributed by atoms with Crippen LogP contribution in [0.5, 0.6) is 0 Å². The van der Waals surface area contributed by atoms with Gasteiger partial charge in [0.05, 0.1) is 18.2 Å². The van der Waals surface area contributed by atoms with E-state index >= 15 is 0 Å². The molecule has 1 heterocycles. The van der Waals surface area contributed by atoms with Gasteiger partial charge in [-0.15, -0.1) is 0 Å². The number of halogens is 7. The Bertz CT molecular complexity index is 3670. The highest BCUT2D eigenvalue weighted by atomic mass is 35.5. The molecule has 11 aromatic carbocycles. The summed E-state index contributed by atoms with van der Waals surface area (Å²) < 4.78 is 84.6. The Kier molecular flexibility index (Phi) is 12.3. The maximum atomic E-state index is 14.0. The SMILES string of the molecule is C[N+]1(Cc2ccccc2P(c2ccc(C(F)(F)F)cc2)c2ccc(C(F)(F)F)cc2)Cc2c(-c3ccc4ccccc4c3)cc3ccccc3c2-c2c(c(-c3ccc4ccccc4c3)cc3ccccc23)C1.[Cl-]. The molecule has 0 N–H and O–H groups in total. The summed E-state index contributed by atoms with van der Waals surface area (Å²) in [7, 11) is 0.664. The van der Waals surface area contributed by atoms with Crippen molar-refractivity contribution in [3.05, 3.63) is 246 Å². The van der Waals surface area contributed by atoms with Gasteiger partial charge in [0, 0.05) is 27.8 Å². The molecule has 0 fully saturated rings. The van der Waals surface area contributed by atoms with Crippen molar-refractivity contribution in [1.82, 2.24) is 0 Å². The van der Waals surface area contributed by atoms with Gasteiger partial charge in [-0.25, -0.2) is 0 Å². The highest BCUT2D eigenvalue weighted by molar-refractivity contribution is 7.79. The van der Waals surface area contributed by atoms with Crippen molar-refractivity contribution in [2.75, 3.05) is 7.05 Å². The molecule has 0 radical (unpaired) electrons. The summed E-state index contributed by atoms with van der Waals surface area (Å²) in [5, 5.41) is 11.2. The molecule has 0 saturated heterocycles. The smallest absolute Gasteiger partial charge is 0.416 e. The summed E-state index contributed by atoms with van der Waals surface area (Å²) >= 11 is 0. The molecule has 0 saturated carbocycles. The number of benzene rings is 11. The van der Waals surface area contributed by atoms with E-state index in [-0.39, 0.29) is 12.4 Å². The third kappa shape index (κ3) is 8.94. The van der Waals surface area contributed by atoms with Crippen LogP contribution in [-0.2, 0) is 32.0 Å². The molecule has 0 spiro atoms. The van der Waals surface area contributed by atoms with Crippen molar-refractivity contribution in [2.24, 2.45) is 0 Å². The second-order valence-electron chi connectivity index (χ2n) is 19.3. The largest absolute Gasteiger partial charge is 1.00 e. The zero-order valence-electron chi connectivity index (χ0n) is 39.4. The van der Waals surface area contributed by atoms with E-state index in [2.05, 4.69) is 159 Å². The van der Waals surface area contributed by atoms with Gasteiger partial charge in [0.15, 0.2) is 0 Å². The van der Waals surface area contributed by atoms with Crippen LogP contribution in [0.1, 0.15) is 27.8 Å². The zero-order valence-corrected chi connectivity index (χ0v) is 41.1. The van der Waals surface area contributed by atoms with E-state index < -0.39 is 31.4 Å². The first-order valence-corrected chi connectivity index (χ1v) is 25.3. The van der Waals surface area contributed by atoms with Crippen molar-refractivity contribution in [3.8, 4) is 33.4 Å². The Hall–Kier alpha value is -7.28. The van der Waals surface area contributed by atoms with Gasteiger partial charge in [-0.1, -0.05) is 170 Å². The number of rotatable bonds is 7. The average Bonchev–Trinajstić information content (AvgIpc) is 3.52. The van der Waals surface area contributed by atoms with Gasteiger partial charge in [-0.2, -0.15) is 26.3 Å². The van der Waals surface area contributed by atoms with Gasteiger partial charge in [-0.3, -0.25) is 0 Å². The molecular formula is C64H45ClF6NP. The van der Waals surface area contributed by atoms with Crippen LogP contribution >= 0.6 is 7.92 Å². The highest BCUT2D eigenvalue weighted by Crippen LogP contribution is 2.51. The number of hydrogen-bond donors (Lipinski definition) is 0. The lowest BCUT2D eigenvalue weighted by Gasteiger charge is -2.36. The fourth-order valence-electron chi connectivity index (χ4n) is 11.1. The molecule has 0 amide bonds. The lowest BCUT2D eigenvalue weighted by Crippen LogP contribution is -3.00. The summed E-state index contributed by atoms with van der Waals surface area (Å²) in [5.74, 6) is 0. The molecule has 11 aromatic rings. The second-order valence-corrected chi connectivity index (χ2v) is 21.5. The number of alkyl halides is 6. The van der Waals surface area contributed by atoms with Crippen LogP contribution in [0, 0.1) is 0 Å². The van der Waals surface area contributed by atoms with Gasteiger partial charge >= 0.3 is 12.4 Å². The number of nitrogens with zero attached hydrogens (tertiary/aromatic N) is 1. The Balaban J connectivity index is 0.00000574. The summed E-state index contributed by atoms with van der Waals surface area (Å²) in [6.45, 7) is 1.72. The van der Waals surface area contributed by atoms with E-state index in [1.54, 1.807) is 0 Å². The summed E-state index contributed by atoms with van der Waals surface area (Å²) in [6, 6.07) is 70.5. The maximum absolute atomic E-state index is 14.0. The predicted octanol–water partition coefficient (Wildman–Crippen LogP) is 13.8. The minimum absolute atomic E-state index is 0. The monoisotopic (exact) mass is 1010 g/mol. The Morgan fingerprint density at radius 1 is 0.411 bits per heavy atom. The van der Waals surface area contributed by atoms with Crippen LogP contribution in [0.15, 0.2) is 218 Å². The van der Waals surface area contributed by atoms with Gasteiger partial charge < -0.3 is 16.9 Å². The molecule has 0 aromatic heterocycles. The van der Waals surface area contributed by atoms with Crippen LogP contribution in [-0.4, -0.2) is 11.5 Å². The minimum Gasteiger partial charge on any atom is -1.00 e. The summed E-state index contributed by atoms with van der Waals surface area (Å²) in [4.78, 5) is 0. The molecule has 73 heavy (non-hydrogen) atoms. The molecule has 0 atom stereocenters. The molecule has 1 aliphatic rings. The van der Waals surface area contributed by atoms with Crippen molar-refractivity contribution >= 4 is 66.9 Å². The Morgan fingerprint density at radius 3 is 1.23 bits per heavy atom. The topological polar surface area (TPSA) is 0 Å². The normalized spacial score (nSPS) is 13.5. The van der Waals surface area contributed by atoms with Gasteiger partial charge in [0.25, 0.3) is 0 Å². The average molecular weight is 1010 g/mol. The number of fused-ring (bicyclic) bond motifs is 9. The molecule has 12 rings (SSSR count). The number of quaternary nitrogens is 1. The van der Waals surface area contributed by atoms with Crippen molar-refractivity contribution in [3.63, 3.8) is 0 Å². The van der Waals surface area contributed by atoms with Crippen LogP contribution < -0.4 is 28.3 Å². The summed E-state index contributed by atoms with van der Waals surface area (Å²) in [5.41, 5.74) is 8.67. The van der Waals surface area contributed by atoms with Crippen molar-refractivity contribution < 1.29 is 43.2 Å². The molecule has 360 valence electrons. The molecule has 9 heteroatoms. The third-order valence-electron chi connectivity index (χ3n) is 14.5. The number of hydrogen-bond acceptors (Lipinski definition) is 0. The Morgan fingerprint density at radius 2 is 0.795 bits per heavy atom. The standard InChI is InChI=1S/C64H45F6NP.ClH/c1-71(38-49-18-8-11-21-60(49)72(52-30-26-50(27-31-52)63(65,66)67)53-32-28-51(29-33-53)64(68,69)70)39-58-56(47-24-22-41-12-2-4-14-43(41)34-47)36-45-16-6-9-19-54(45)61(58)62-55-20-10-7-17-46(55)37-57(59(62)40-71)48-25-23-42-13-3-5-15-44(42)35-48;/h2-37H,38-40H2,1H3;1H/q+1;/p-1. The quantitative estimate of drug-likeness (QED) is 0.0848. The van der Waals surface area contributed by atoms with E-state index in [1.165, 1.54) is 46.5 Å². The minimum atomic E-state index is -4.56. The lowest BCUT2D eigenvalue weighted by molar-refractivity contribution is -0.947. The van der Waals surface area contributed by atoms with E-state index in [4.69, 9.17) is 0 Å². The van der Waals surface area contributed by atoms with Gasteiger partial charge in [-0.05, 0) is 138 Å². The molecule has 0 aliphatic carbocycles. The van der Waals surface area contributed by atoms with Gasteiger partial charge in [0.2, 0.25) is 0 Å². The predicted molar refractivity (Wildman–Crippen MR) is 285 cm³/mol. The second kappa shape index (κ2) is 18.6. The first-order chi connectivity index (χ1) is 34.8. The van der Waals surface area contributed by atoms with Crippen LogP contribution in [0.3, 0.4) is 0 Å². The van der Waals surface area contributed by atoms with Gasteiger partial charge in [0.1, 0.15) is 19.6 Å². The van der Waals surface area contributed by atoms with Crippen LogP contribution in [0.2, 0.25) is 0 Å². The third-order valence-corrected chi connectivity index (χ3v) is 17.0. The lowest BCUT2D eigenvalue weighted by atomic mass is 9.82. The maximum Gasteiger partial charge on any atom is 0.416 e. The summed E-state index contributed by atoms with van der Waals surface area (Å²) in [6.07, 6.45) is -9.11. The van der Waals surface area contributed by atoms with Crippen LogP contribution in [0.4, 0.5) is 26.3 Å². The fourth-order valence-corrected chi connectivity index (χ4v) is 13.6. The first kappa shape index (κ1) is 48.0. The zero-order chi connectivity index (χ0) is 49.4. The first-order valence-electron chi connectivity index (χ1n) is 23.9. The Labute approximate surface area is 426 Å². The molecule has 1 aliphatic heterocycles.